The molecule has 0 aliphatic carbocycles. The third kappa shape index (κ3) is 3.65. The molecule has 0 saturated carbocycles. The first kappa shape index (κ1) is 15.4. The highest BCUT2D eigenvalue weighted by Gasteiger charge is 2.19. The lowest BCUT2D eigenvalue weighted by molar-refractivity contribution is -0.122. The van der Waals surface area contributed by atoms with Crippen LogP contribution < -0.4 is 14.8 Å². The fraction of sp³-hybridized carbons (Fsp3) is 0.316. The zero-order valence-electron chi connectivity index (χ0n) is 13.2. The zero-order chi connectivity index (χ0) is 16.1. The molecule has 23 heavy (non-hydrogen) atoms. The second kappa shape index (κ2) is 7.18. The van der Waals surface area contributed by atoms with E-state index in [2.05, 4.69) is 12.2 Å². The first-order valence-corrected chi connectivity index (χ1v) is 7.99. The van der Waals surface area contributed by atoms with E-state index in [-0.39, 0.29) is 18.6 Å². The first-order valence-electron chi connectivity index (χ1n) is 7.99. The van der Waals surface area contributed by atoms with Crippen molar-refractivity contribution in [1.29, 1.82) is 0 Å². The first-order chi connectivity index (χ1) is 11.3. The van der Waals surface area contributed by atoms with E-state index in [0.29, 0.717) is 6.54 Å². The van der Waals surface area contributed by atoms with Crippen LogP contribution in [0.4, 0.5) is 0 Å². The molecule has 0 spiro atoms. The van der Waals surface area contributed by atoms with E-state index in [9.17, 15) is 4.79 Å². The maximum atomic E-state index is 12.6. The van der Waals surface area contributed by atoms with Gasteiger partial charge in [-0.3, -0.25) is 4.79 Å². The number of rotatable bonds is 6. The Hall–Kier alpha value is -2.49. The average Bonchev–Trinajstić information content (AvgIpc) is 3.06. The lowest BCUT2D eigenvalue weighted by Crippen LogP contribution is -2.29. The molecule has 2 aromatic rings. The lowest BCUT2D eigenvalue weighted by atomic mass is 9.93. The molecule has 0 unspecified atom stereocenters. The van der Waals surface area contributed by atoms with Gasteiger partial charge in [-0.2, -0.15) is 0 Å². The van der Waals surface area contributed by atoms with Gasteiger partial charge in [-0.1, -0.05) is 49.7 Å². The van der Waals surface area contributed by atoms with Crippen LogP contribution >= 0.6 is 0 Å². The maximum Gasteiger partial charge on any atom is 0.231 e. The predicted octanol–water partition coefficient (Wildman–Crippen LogP) is 3.62. The molecule has 1 N–H and O–H groups in total. The van der Waals surface area contributed by atoms with Crippen LogP contribution in [0.3, 0.4) is 0 Å². The summed E-state index contributed by atoms with van der Waals surface area (Å²) in [5.74, 6) is 1.46. The number of amides is 1. The summed E-state index contributed by atoms with van der Waals surface area (Å²) in [4.78, 5) is 12.6. The minimum absolute atomic E-state index is 0.0655. The molecule has 3 rings (SSSR count). The summed E-state index contributed by atoms with van der Waals surface area (Å²) in [6, 6.07) is 15.7. The van der Waals surface area contributed by atoms with Crippen molar-refractivity contribution < 1.29 is 14.3 Å². The van der Waals surface area contributed by atoms with Crippen LogP contribution in [0.25, 0.3) is 0 Å². The van der Waals surface area contributed by atoms with Gasteiger partial charge in [-0.05, 0) is 29.7 Å². The van der Waals surface area contributed by atoms with Gasteiger partial charge in [0.25, 0.3) is 0 Å². The van der Waals surface area contributed by atoms with Crippen molar-refractivity contribution in [2.45, 2.75) is 32.2 Å². The molecule has 4 nitrogen and oxygen atoms in total. The molecule has 1 amide bonds. The van der Waals surface area contributed by atoms with Crippen LogP contribution in [0.2, 0.25) is 0 Å². The highest BCUT2D eigenvalue weighted by Crippen LogP contribution is 2.32. The fourth-order valence-corrected chi connectivity index (χ4v) is 2.79. The highest BCUT2D eigenvalue weighted by molar-refractivity contribution is 5.83. The third-order valence-electron chi connectivity index (χ3n) is 4.00. The predicted molar refractivity (Wildman–Crippen MR) is 88.5 cm³/mol. The fourth-order valence-electron chi connectivity index (χ4n) is 2.79. The smallest absolute Gasteiger partial charge is 0.231 e. The minimum Gasteiger partial charge on any atom is -0.454 e. The molecular weight excluding hydrogens is 290 g/mol. The van der Waals surface area contributed by atoms with Crippen molar-refractivity contribution in [2.75, 3.05) is 6.79 Å². The Bertz CT molecular complexity index is 670. The van der Waals surface area contributed by atoms with Gasteiger partial charge in [0.2, 0.25) is 12.7 Å². The van der Waals surface area contributed by atoms with Crippen LogP contribution in [0, 0.1) is 0 Å². The summed E-state index contributed by atoms with van der Waals surface area (Å²) in [5.41, 5.74) is 2.07. The van der Waals surface area contributed by atoms with E-state index in [4.69, 9.17) is 9.47 Å². The van der Waals surface area contributed by atoms with Crippen molar-refractivity contribution >= 4 is 5.91 Å². The Morgan fingerprint density at radius 2 is 1.91 bits per heavy atom. The van der Waals surface area contributed by atoms with Crippen LogP contribution in [-0.4, -0.2) is 12.7 Å². The number of carbonyl (C=O) groups excluding carboxylic acids is 1. The second-order valence-corrected chi connectivity index (χ2v) is 5.66. The Morgan fingerprint density at radius 3 is 2.70 bits per heavy atom. The maximum absolute atomic E-state index is 12.6. The quantitative estimate of drug-likeness (QED) is 0.886. The summed E-state index contributed by atoms with van der Waals surface area (Å²) >= 11 is 0. The molecule has 4 heteroatoms. The second-order valence-electron chi connectivity index (χ2n) is 5.66. The van der Waals surface area contributed by atoms with Crippen LogP contribution in [0.5, 0.6) is 11.5 Å². The van der Waals surface area contributed by atoms with Gasteiger partial charge in [0.15, 0.2) is 11.5 Å². The van der Waals surface area contributed by atoms with Gasteiger partial charge in [0.05, 0.1) is 5.92 Å². The van der Waals surface area contributed by atoms with Crippen molar-refractivity contribution in [3.05, 3.63) is 59.7 Å². The van der Waals surface area contributed by atoms with Crippen LogP contribution in [0.1, 0.15) is 36.8 Å². The van der Waals surface area contributed by atoms with Gasteiger partial charge in [0.1, 0.15) is 0 Å². The molecular formula is C19H21NO3. The van der Waals surface area contributed by atoms with E-state index in [1.165, 1.54) is 0 Å². The average molecular weight is 311 g/mol. The highest BCUT2D eigenvalue weighted by atomic mass is 16.7. The van der Waals surface area contributed by atoms with E-state index in [0.717, 1.165) is 35.5 Å². The minimum atomic E-state index is -0.102. The zero-order valence-corrected chi connectivity index (χ0v) is 13.2. The molecule has 1 heterocycles. The molecule has 0 saturated heterocycles. The van der Waals surface area contributed by atoms with Gasteiger partial charge in [-0.25, -0.2) is 0 Å². The SMILES string of the molecule is CCC[C@@H](C(=O)NCc1ccc2c(c1)OCO2)c1ccccc1. The number of benzene rings is 2. The van der Waals surface area contributed by atoms with Crippen LogP contribution in [0.15, 0.2) is 48.5 Å². The number of nitrogens with one attached hydrogen (secondary N) is 1. The number of ether oxygens (including phenoxy) is 2. The number of hydrogen-bond acceptors (Lipinski definition) is 3. The van der Waals surface area contributed by atoms with Crippen LogP contribution in [-0.2, 0) is 11.3 Å². The summed E-state index contributed by atoms with van der Waals surface area (Å²) in [6.45, 7) is 2.85. The van der Waals surface area contributed by atoms with Gasteiger partial charge in [0, 0.05) is 6.54 Å². The Labute approximate surface area is 136 Å². The third-order valence-corrected chi connectivity index (χ3v) is 4.00. The van der Waals surface area contributed by atoms with Gasteiger partial charge in [-0.15, -0.1) is 0 Å². The standard InChI is InChI=1S/C19H21NO3/c1-2-6-16(15-7-4-3-5-8-15)19(21)20-12-14-9-10-17-18(11-14)23-13-22-17/h3-5,7-11,16H,2,6,12-13H2,1H3,(H,20,21)/t16-/m1/s1. The number of fused-ring (bicyclic) bond motifs is 1. The number of hydrogen-bond donors (Lipinski definition) is 1. The monoisotopic (exact) mass is 311 g/mol. The molecule has 1 aliphatic heterocycles. The number of carbonyl (C=O) groups is 1. The molecule has 0 fully saturated rings. The Morgan fingerprint density at radius 1 is 1.13 bits per heavy atom. The summed E-state index contributed by atoms with van der Waals surface area (Å²) in [7, 11) is 0. The van der Waals surface area contributed by atoms with Crippen molar-refractivity contribution in [3.8, 4) is 11.5 Å². The Balaban J connectivity index is 1.65. The van der Waals surface area contributed by atoms with Crippen molar-refractivity contribution in [1.82, 2.24) is 5.32 Å². The molecule has 1 atom stereocenters. The van der Waals surface area contributed by atoms with E-state index in [1.807, 2.05) is 48.5 Å². The molecule has 1 aliphatic rings. The molecule has 0 aromatic heterocycles. The summed E-state index contributed by atoms with van der Waals surface area (Å²) in [5, 5.41) is 3.04. The Kier molecular flexibility index (Phi) is 4.81. The van der Waals surface area contributed by atoms with E-state index < -0.39 is 0 Å². The molecule has 0 bridgehead atoms. The van der Waals surface area contributed by atoms with Gasteiger partial charge < -0.3 is 14.8 Å². The topological polar surface area (TPSA) is 47.6 Å². The summed E-state index contributed by atoms with van der Waals surface area (Å²) in [6.07, 6.45) is 1.81. The van der Waals surface area contributed by atoms with Crippen molar-refractivity contribution in [2.24, 2.45) is 0 Å². The van der Waals surface area contributed by atoms with Gasteiger partial charge >= 0.3 is 0 Å². The normalized spacial score (nSPS) is 13.6. The summed E-state index contributed by atoms with van der Waals surface area (Å²) < 4.78 is 10.7. The van der Waals surface area contributed by atoms with E-state index >= 15 is 0 Å². The molecule has 120 valence electrons. The van der Waals surface area contributed by atoms with E-state index in [1.54, 1.807) is 0 Å². The largest absolute Gasteiger partial charge is 0.454 e. The molecule has 2 aromatic carbocycles. The molecule has 0 radical (unpaired) electrons. The van der Waals surface area contributed by atoms with Crippen molar-refractivity contribution in [3.63, 3.8) is 0 Å². The lowest BCUT2D eigenvalue weighted by Gasteiger charge is -2.16.